The monoisotopic (exact) mass is 412 g/mol. The van der Waals surface area contributed by atoms with Gasteiger partial charge < -0.3 is 26.0 Å². The van der Waals surface area contributed by atoms with Crippen LogP contribution in [0.1, 0.15) is 25.7 Å². The molecule has 6 nitrogen and oxygen atoms in total. The molecule has 1 saturated carbocycles. The van der Waals surface area contributed by atoms with Crippen molar-refractivity contribution in [2.75, 3.05) is 13.2 Å². The van der Waals surface area contributed by atoms with Crippen LogP contribution in [0, 0.1) is 0 Å². The lowest BCUT2D eigenvalue weighted by Crippen LogP contribution is -2.41. The number of hydrogen-bond acceptors (Lipinski definition) is 5. The van der Waals surface area contributed by atoms with Crippen LogP contribution >= 0.6 is 11.6 Å². The van der Waals surface area contributed by atoms with E-state index in [4.69, 9.17) is 32.0 Å². The van der Waals surface area contributed by atoms with Gasteiger partial charge in [0.2, 0.25) is 0 Å². The molecule has 0 saturated heterocycles. The zero-order valence-corrected chi connectivity index (χ0v) is 15.3. The molecule has 1 unspecified atom stereocenters. The van der Waals surface area contributed by atoms with Crippen LogP contribution in [0.2, 0.25) is 5.02 Å². The van der Waals surface area contributed by atoms with Crippen molar-refractivity contribution in [3.05, 3.63) is 29.3 Å². The highest BCUT2D eigenvalue weighted by Gasteiger charge is 2.38. The highest BCUT2D eigenvalue weighted by Crippen LogP contribution is 2.17. The minimum Gasteiger partial charge on any atom is -0.491 e. The molecule has 1 atom stereocenters. The van der Waals surface area contributed by atoms with E-state index < -0.39 is 18.2 Å². The van der Waals surface area contributed by atoms with Crippen LogP contribution in [0.15, 0.2) is 24.3 Å². The molecule has 1 aromatic rings. The molecule has 0 bridgehead atoms. The quantitative estimate of drug-likeness (QED) is 0.572. The number of ether oxygens (including phenoxy) is 1. The summed E-state index contributed by atoms with van der Waals surface area (Å²) in [5, 5.41) is 21.1. The highest BCUT2D eigenvalue weighted by atomic mass is 35.5. The van der Waals surface area contributed by atoms with Crippen molar-refractivity contribution < 1.29 is 32.9 Å². The van der Waals surface area contributed by atoms with Gasteiger partial charge in [0.25, 0.3) is 0 Å². The van der Waals surface area contributed by atoms with E-state index in [-0.39, 0.29) is 6.61 Å². The van der Waals surface area contributed by atoms with E-state index in [1.54, 1.807) is 24.3 Å². The molecule has 0 amide bonds. The van der Waals surface area contributed by atoms with E-state index in [0.29, 0.717) is 23.7 Å². The Morgan fingerprint density at radius 2 is 1.78 bits per heavy atom. The summed E-state index contributed by atoms with van der Waals surface area (Å²) in [5.74, 6) is -2.04. The zero-order chi connectivity index (χ0) is 20.4. The normalized spacial score (nSPS) is 21.0. The first-order valence-electron chi connectivity index (χ1n) is 8.43. The molecule has 5 N–H and O–H groups in total. The number of aliphatic hydroxyl groups excluding tert-OH is 1. The van der Waals surface area contributed by atoms with E-state index in [1.165, 1.54) is 0 Å². The number of halogens is 4. The second-order valence-corrected chi connectivity index (χ2v) is 6.68. The molecule has 0 aliphatic heterocycles. The second-order valence-electron chi connectivity index (χ2n) is 6.24. The minimum absolute atomic E-state index is 0.279. The average molecular weight is 413 g/mol. The number of carboxylic acid groups (broad SMARTS) is 1. The van der Waals surface area contributed by atoms with E-state index in [9.17, 15) is 18.3 Å². The van der Waals surface area contributed by atoms with Crippen LogP contribution in [0.3, 0.4) is 0 Å². The van der Waals surface area contributed by atoms with Gasteiger partial charge >= 0.3 is 12.1 Å². The van der Waals surface area contributed by atoms with Gasteiger partial charge in [0, 0.05) is 23.7 Å². The van der Waals surface area contributed by atoms with E-state index in [2.05, 4.69) is 5.32 Å². The molecular formula is C17H24ClF3N2O4. The number of carboxylic acids is 1. The maximum Gasteiger partial charge on any atom is 0.490 e. The predicted octanol–water partition coefficient (Wildman–Crippen LogP) is 2.57. The summed E-state index contributed by atoms with van der Waals surface area (Å²) in [7, 11) is 0. The smallest absolute Gasteiger partial charge is 0.490 e. The second kappa shape index (κ2) is 11.3. The van der Waals surface area contributed by atoms with Gasteiger partial charge in [0.05, 0.1) is 0 Å². The summed E-state index contributed by atoms with van der Waals surface area (Å²) >= 11 is 5.80. The van der Waals surface area contributed by atoms with E-state index >= 15 is 0 Å². The van der Waals surface area contributed by atoms with Crippen molar-refractivity contribution in [2.45, 2.75) is 50.0 Å². The first-order valence-corrected chi connectivity index (χ1v) is 8.81. The molecule has 0 radical (unpaired) electrons. The van der Waals surface area contributed by atoms with Crippen LogP contribution in [-0.4, -0.2) is 53.7 Å². The lowest BCUT2D eigenvalue weighted by Gasteiger charge is -2.27. The Hall–Kier alpha value is -1.55. The molecule has 1 aliphatic rings. The standard InChI is InChI=1S/C15H23ClN2O2.C2HF3O2/c16-11-1-7-15(8-2-11)20-10-14(19)9-18-13-5-3-12(17)4-6-13;3-2(4,5)1(6)7/h1-2,7-8,12-14,18-19H,3-6,9-10,17H2;(H,6,7)/t12-,13-,14?;. The van der Waals surface area contributed by atoms with Crippen molar-refractivity contribution in [3.63, 3.8) is 0 Å². The largest absolute Gasteiger partial charge is 0.491 e. The van der Waals surface area contributed by atoms with Crippen molar-refractivity contribution in [1.29, 1.82) is 0 Å². The fourth-order valence-corrected chi connectivity index (χ4v) is 2.53. The molecule has 0 heterocycles. The summed E-state index contributed by atoms with van der Waals surface area (Å²) in [6.07, 6.45) is -1.29. The Bertz CT molecular complexity index is 564. The number of nitrogens with one attached hydrogen (secondary N) is 1. The van der Waals surface area contributed by atoms with Gasteiger partial charge in [0.15, 0.2) is 0 Å². The summed E-state index contributed by atoms with van der Waals surface area (Å²) in [6.45, 7) is 0.828. The van der Waals surface area contributed by atoms with Gasteiger partial charge in [-0.1, -0.05) is 11.6 Å². The van der Waals surface area contributed by atoms with Crippen molar-refractivity contribution >= 4 is 17.6 Å². The Labute approximate surface area is 160 Å². The summed E-state index contributed by atoms with van der Waals surface area (Å²) in [6, 6.07) is 7.96. The minimum atomic E-state index is -5.08. The van der Waals surface area contributed by atoms with E-state index in [0.717, 1.165) is 31.4 Å². The van der Waals surface area contributed by atoms with Gasteiger partial charge in [-0.15, -0.1) is 0 Å². The topological polar surface area (TPSA) is 105 Å². The summed E-state index contributed by atoms with van der Waals surface area (Å²) in [4.78, 5) is 8.90. The van der Waals surface area contributed by atoms with Crippen LogP contribution in [-0.2, 0) is 4.79 Å². The van der Waals surface area contributed by atoms with Crippen molar-refractivity contribution in [2.24, 2.45) is 5.73 Å². The first kappa shape index (κ1) is 23.5. The van der Waals surface area contributed by atoms with Gasteiger partial charge in [-0.2, -0.15) is 13.2 Å². The van der Waals surface area contributed by atoms with Gasteiger partial charge in [-0.3, -0.25) is 0 Å². The molecular weight excluding hydrogens is 389 g/mol. The van der Waals surface area contributed by atoms with Gasteiger partial charge in [0.1, 0.15) is 18.5 Å². The maximum atomic E-state index is 10.6. The van der Waals surface area contributed by atoms with Gasteiger partial charge in [-0.05, 0) is 49.9 Å². The molecule has 2 rings (SSSR count). The summed E-state index contributed by atoms with van der Waals surface area (Å²) in [5.41, 5.74) is 5.87. The van der Waals surface area contributed by atoms with Crippen molar-refractivity contribution in [1.82, 2.24) is 5.32 Å². The van der Waals surface area contributed by atoms with Gasteiger partial charge in [-0.25, -0.2) is 4.79 Å². The Morgan fingerprint density at radius 1 is 1.26 bits per heavy atom. The Morgan fingerprint density at radius 3 is 2.26 bits per heavy atom. The number of aliphatic carboxylic acids is 1. The fourth-order valence-electron chi connectivity index (χ4n) is 2.41. The van der Waals surface area contributed by atoms with E-state index in [1.807, 2.05) is 0 Å². The average Bonchev–Trinajstić information content (AvgIpc) is 2.60. The fraction of sp³-hybridized carbons (Fsp3) is 0.588. The molecule has 1 aromatic carbocycles. The van der Waals surface area contributed by atoms with Crippen LogP contribution < -0.4 is 15.8 Å². The van der Waals surface area contributed by atoms with Crippen LogP contribution in [0.25, 0.3) is 0 Å². The SMILES string of the molecule is N[C@H]1CC[C@H](NCC(O)COc2ccc(Cl)cc2)CC1.O=C(O)C(F)(F)F. The number of nitrogens with two attached hydrogens (primary N) is 1. The third-order valence-electron chi connectivity index (χ3n) is 3.91. The number of hydrogen-bond donors (Lipinski definition) is 4. The molecule has 10 heteroatoms. The third kappa shape index (κ3) is 10.4. The molecule has 0 aromatic heterocycles. The van der Waals surface area contributed by atoms with Crippen LogP contribution in [0.5, 0.6) is 5.75 Å². The first-order chi connectivity index (χ1) is 12.6. The summed E-state index contributed by atoms with van der Waals surface area (Å²) < 4.78 is 37.2. The number of aliphatic hydroxyl groups is 1. The Balaban J connectivity index is 0.000000445. The number of carbonyl (C=O) groups is 1. The number of alkyl halides is 3. The number of benzene rings is 1. The molecule has 0 spiro atoms. The maximum absolute atomic E-state index is 10.6. The highest BCUT2D eigenvalue weighted by molar-refractivity contribution is 6.30. The Kier molecular flexibility index (Phi) is 9.86. The zero-order valence-electron chi connectivity index (χ0n) is 14.6. The molecule has 27 heavy (non-hydrogen) atoms. The molecule has 1 fully saturated rings. The molecule has 154 valence electrons. The predicted molar refractivity (Wildman–Crippen MR) is 94.9 cm³/mol. The number of rotatable bonds is 6. The molecule has 1 aliphatic carbocycles. The lowest BCUT2D eigenvalue weighted by atomic mass is 9.92. The lowest BCUT2D eigenvalue weighted by molar-refractivity contribution is -0.192. The third-order valence-corrected chi connectivity index (χ3v) is 4.16. The van der Waals surface area contributed by atoms with Crippen LogP contribution in [0.4, 0.5) is 13.2 Å². The van der Waals surface area contributed by atoms with Crippen molar-refractivity contribution in [3.8, 4) is 5.75 Å².